The van der Waals surface area contributed by atoms with Crippen LogP contribution in [0, 0.1) is 5.82 Å². The highest BCUT2D eigenvalue weighted by Crippen LogP contribution is 2.32. The van der Waals surface area contributed by atoms with Gasteiger partial charge in [-0.2, -0.15) is 0 Å². The second kappa shape index (κ2) is 4.70. The first kappa shape index (κ1) is 11.2. The van der Waals surface area contributed by atoms with Gasteiger partial charge in [-0.15, -0.1) is 0 Å². The van der Waals surface area contributed by atoms with Crippen molar-refractivity contribution in [1.82, 2.24) is 5.32 Å². The third kappa shape index (κ3) is 2.27. The Morgan fingerprint density at radius 3 is 3.00 bits per heavy atom. The molecule has 0 bridgehead atoms. The molecule has 88 valence electrons. The zero-order valence-electron chi connectivity index (χ0n) is 9.29. The Morgan fingerprint density at radius 1 is 1.56 bits per heavy atom. The number of ether oxygens (including phenoxy) is 1. The summed E-state index contributed by atoms with van der Waals surface area (Å²) in [5, 5.41) is 13.2. The van der Waals surface area contributed by atoms with Gasteiger partial charge in [0.1, 0.15) is 5.82 Å². The molecule has 1 atom stereocenters. The number of methoxy groups -OCH3 is 1. The van der Waals surface area contributed by atoms with Crippen molar-refractivity contribution in [2.75, 3.05) is 13.7 Å². The number of benzene rings is 1. The normalized spacial score (nSPS) is 20.0. The molecule has 2 rings (SSSR count). The average Bonchev–Trinajstić information content (AvgIpc) is 2.75. The number of phenols is 1. The van der Waals surface area contributed by atoms with Crippen molar-refractivity contribution in [2.24, 2.45) is 0 Å². The number of aromatic hydroxyl groups is 1. The minimum atomic E-state index is -0.373. The first-order valence-corrected chi connectivity index (χ1v) is 5.49. The summed E-state index contributed by atoms with van der Waals surface area (Å²) in [6.45, 7) is 0.998. The molecule has 0 aromatic heterocycles. The minimum Gasteiger partial charge on any atom is -0.504 e. The van der Waals surface area contributed by atoms with Gasteiger partial charge in [-0.25, -0.2) is 4.39 Å². The summed E-state index contributed by atoms with van der Waals surface area (Å²) in [5.41, 5.74) is 0.608. The van der Waals surface area contributed by atoms with Crippen molar-refractivity contribution < 1.29 is 14.2 Å². The molecule has 1 aromatic rings. The van der Waals surface area contributed by atoms with E-state index < -0.39 is 0 Å². The van der Waals surface area contributed by atoms with Crippen molar-refractivity contribution in [1.29, 1.82) is 0 Å². The molecule has 0 saturated carbocycles. The SMILES string of the molecule is COc1cc(F)cc(CC2CCCN2)c1O. The summed E-state index contributed by atoms with van der Waals surface area (Å²) >= 11 is 0. The van der Waals surface area contributed by atoms with Crippen LogP contribution in [-0.4, -0.2) is 24.8 Å². The Kier molecular flexibility index (Phi) is 3.29. The minimum absolute atomic E-state index is 0.0533. The molecule has 1 saturated heterocycles. The molecule has 3 nitrogen and oxygen atoms in total. The lowest BCUT2D eigenvalue weighted by Gasteiger charge is -2.13. The van der Waals surface area contributed by atoms with E-state index in [1.807, 2.05) is 0 Å². The fraction of sp³-hybridized carbons (Fsp3) is 0.500. The second-order valence-electron chi connectivity index (χ2n) is 4.11. The summed E-state index contributed by atoms with van der Waals surface area (Å²) < 4.78 is 18.2. The first-order valence-electron chi connectivity index (χ1n) is 5.49. The maximum Gasteiger partial charge on any atom is 0.163 e. The van der Waals surface area contributed by atoms with Crippen LogP contribution in [0.15, 0.2) is 12.1 Å². The summed E-state index contributed by atoms with van der Waals surface area (Å²) in [6.07, 6.45) is 2.84. The van der Waals surface area contributed by atoms with Crippen LogP contribution < -0.4 is 10.1 Å². The third-order valence-electron chi connectivity index (χ3n) is 2.97. The quantitative estimate of drug-likeness (QED) is 0.824. The van der Waals surface area contributed by atoms with Gasteiger partial charge < -0.3 is 15.2 Å². The maximum absolute atomic E-state index is 13.3. The summed E-state index contributed by atoms with van der Waals surface area (Å²) in [4.78, 5) is 0. The van der Waals surface area contributed by atoms with Crippen LogP contribution in [0.2, 0.25) is 0 Å². The molecule has 0 amide bonds. The Morgan fingerprint density at radius 2 is 2.38 bits per heavy atom. The molecule has 1 aliphatic heterocycles. The van der Waals surface area contributed by atoms with Crippen LogP contribution in [-0.2, 0) is 6.42 Å². The topological polar surface area (TPSA) is 41.5 Å². The van der Waals surface area contributed by atoms with E-state index in [1.54, 1.807) is 0 Å². The molecule has 1 aromatic carbocycles. The van der Waals surface area contributed by atoms with E-state index in [2.05, 4.69) is 5.32 Å². The standard InChI is InChI=1S/C12H16FNO2/c1-16-11-7-9(13)5-8(12(11)15)6-10-3-2-4-14-10/h5,7,10,14-15H,2-4,6H2,1H3. The van der Waals surface area contributed by atoms with Gasteiger partial charge in [-0.3, -0.25) is 0 Å². The van der Waals surface area contributed by atoms with E-state index in [0.29, 0.717) is 18.0 Å². The number of hydrogen-bond donors (Lipinski definition) is 2. The van der Waals surface area contributed by atoms with Crippen LogP contribution in [0.4, 0.5) is 4.39 Å². The fourth-order valence-electron chi connectivity index (χ4n) is 2.14. The van der Waals surface area contributed by atoms with Crippen molar-refractivity contribution >= 4 is 0 Å². The monoisotopic (exact) mass is 225 g/mol. The average molecular weight is 225 g/mol. The molecule has 0 aliphatic carbocycles. The Bertz CT molecular complexity index is 376. The molecule has 4 heteroatoms. The molecule has 1 unspecified atom stereocenters. The van der Waals surface area contributed by atoms with Crippen molar-refractivity contribution in [3.63, 3.8) is 0 Å². The largest absolute Gasteiger partial charge is 0.504 e. The highest BCUT2D eigenvalue weighted by Gasteiger charge is 2.18. The third-order valence-corrected chi connectivity index (χ3v) is 2.97. The molecule has 1 fully saturated rings. The van der Waals surface area contributed by atoms with Gasteiger partial charge in [-0.05, 0) is 31.9 Å². The Labute approximate surface area is 94.2 Å². The zero-order chi connectivity index (χ0) is 11.5. The van der Waals surface area contributed by atoms with E-state index in [4.69, 9.17) is 4.74 Å². The summed E-state index contributed by atoms with van der Waals surface area (Å²) in [5.74, 6) is -0.117. The van der Waals surface area contributed by atoms with Crippen LogP contribution in [0.5, 0.6) is 11.5 Å². The fourth-order valence-corrected chi connectivity index (χ4v) is 2.14. The van der Waals surface area contributed by atoms with Crippen molar-refractivity contribution in [3.05, 3.63) is 23.5 Å². The Hall–Kier alpha value is -1.29. The lowest BCUT2D eigenvalue weighted by atomic mass is 10.0. The van der Waals surface area contributed by atoms with E-state index in [1.165, 1.54) is 19.2 Å². The van der Waals surface area contributed by atoms with Crippen LogP contribution in [0.3, 0.4) is 0 Å². The van der Waals surface area contributed by atoms with Crippen LogP contribution >= 0.6 is 0 Å². The number of rotatable bonds is 3. The van der Waals surface area contributed by atoms with Gasteiger partial charge >= 0.3 is 0 Å². The molecule has 16 heavy (non-hydrogen) atoms. The van der Waals surface area contributed by atoms with Crippen LogP contribution in [0.1, 0.15) is 18.4 Å². The number of hydrogen-bond acceptors (Lipinski definition) is 3. The molecule has 0 spiro atoms. The van der Waals surface area contributed by atoms with Gasteiger partial charge in [0.15, 0.2) is 11.5 Å². The molecular formula is C12H16FNO2. The lowest BCUT2D eigenvalue weighted by molar-refractivity contribution is 0.366. The van der Waals surface area contributed by atoms with Crippen molar-refractivity contribution in [2.45, 2.75) is 25.3 Å². The first-order chi connectivity index (χ1) is 7.70. The van der Waals surface area contributed by atoms with Gasteiger partial charge in [0.25, 0.3) is 0 Å². The summed E-state index contributed by atoms with van der Waals surface area (Å²) in [7, 11) is 1.42. The number of phenolic OH excluding ortho intramolecular Hbond substituents is 1. The molecular weight excluding hydrogens is 209 g/mol. The number of halogens is 1. The smallest absolute Gasteiger partial charge is 0.163 e. The summed E-state index contributed by atoms with van der Waals surface area (Å²) in [6, 6.07) is 2.90. The van der Waals surface area contributed by atoms with Gasteiger partial charge in [0.05, 0.1) is 7.11 Å². The number of nitrogens with one attached hydrogen (secondary N) is 1. The molecule has 1 heterocycles. The molecule has 0 radical (unpaired) electrons. The van der Waals surface area contributed by atoms with E-state index in [-0.39, 0.29) is 17.3 Å². The van der Waals surface area contributed by atoms with Gasteiger partial charge in [0, 0.05) is 17.7 Å². The highest BCUT2D eigenvalue weighted by molar-refractivity contribution is 5.46. The second-order valence-corrected chi connectivity index (χ2v) is 4.11. The van der Waals surface area contributed by atoms with Gasteiger partial charge in [-0.1, -0.05) is 0 Å². The highest BCUT2D eigenvalue weighted by atomic mass is 19.1. The molecule has 1 aliphatic rings. The van der Waals surface area contributed by atoms with Crippen LogP contribution in [0.25, 0.3) is 0 Å². The van der Waals surface area contributed by atoms with E-state index >= 15 is 0 Å². The zero-order valence-corrected chi connectivity index (χ0v) is 9.29. The van der Waals surface area contributed by atoms with Crippen molar-refractivity contribution in [3.8, 4) is 11.5 Å². The molecule has 2 N–H and O–H groups in total. The van der Waals surface area contributed by atoms with E-state index in [0.717, 1.165) is 19.4 Å². The predicted molar refractivity (Wildman–Crippen MR) is 59.3 cm³/mol. The van der Waals surface area contributed by atoms with E-state index in [9.17, 15) is 9.50 Å². The lowest BCUT2D eigenvalue weighted by Crippen LogP contribution is -2.23. The Balaban J connectivity index is 2.21. The van der Waals surface area contributed by atoms with Gasteiger partial charge in [0.2, 0.25) is 0 Å². The predicted octanol–water partition coefficient (Wildman–Crippen LogP) is 1.83. The maximum atomic E-state index is 13.3.